The minimum Gasteiger partial charge on any atom is -0.497 e. The second kappa shape index (κ2) is 5.72. The molecule has 0 saturated heterocycles. The number of aryl methyl sites for hydroxylation is 2. The van der Waals surface area contributed by atoms with Crippen LogP contribution in [-0.4, -0.2) is 22.4 Å². The summed E-state index contributed by atoms with van der Waals surface area (Å²) in [7, 11) is 1.44. The minimum absolute atomic E-state index is 0.262. The fraction of sp³-hybridized carbons (Fsp3) is 0.176. The van der Waals surface area contributed by atoms with Crippen LogP contribution in [0.15, 0.2) is 36.7 Å². The van der Waals surface area contributed by atoms with Crippen LogP contribution in [0.3, 0.4) is 0 Å². The van der Waals surface area contributed by atoms with Gasteiger partial charge in [-0.3, -0.25) is 4.79 Å². The van der Waals surface area contributed by atoms with E-state index in [1.54, 1.807) is 16.7 Å². The Labute approximate surface area is 132 Å². The Morgan fingerprint density at radius 1 is 1.17 bits per heavy atom. The first kappa shape index (κ1) is 15.0. The number of halogens is 1. The summed E-state index contributed by atoms with van der Waals surface area (Å²) in [5.74, 6) is -0.556. The normalized spacial score (nSPS) is 10.8. The molecule has 3 aromatic rings. The van der Waals surface area contributed by atoms with Gasteiger partial charge in [0.25, 0.3) is 5.91 Å². The molecule has 0 fully saturated rings. The lowest BCUT2D eigenvalue weighted by Gasteiger charge is -2.06. The van der Waals surface area contributed by atoms with Crippen molar-refractivity contribution in [3.63, 3.8) is 0 Å². The van der Waals surface area contributed by atoms with Gasteiger partial charge in [0, 0.05) is 30.2 Å². The van der Waals surface area contributed by atoms with Crippen molar-refractivity contribution < 1.29 is 13.9 Å². The van der Waals surface area contributed by atoms with Gasteiger partial charge in [0.2, 0.25) is 0 Å². The maximum atomic E-state index is 13.5. The van der Waals surface area contributed by atoms with Crippen LogP contribution in [-0.2, 0) is 0 Å². The van der Waals surface area contributed by atoms with Crippen molar-refractivity contribution in [1.29, 1.82) is 0 Å². The highest BCUT2D eigenvalue weighted by molar-refractivity contribution is 6.03. The third kappa shape index (κ3) is 3.01. The summed E-state index contributed by atoms with van der Waals surface area (Å²) < 4.78 is 20.3. The molecule has 0 atom stereocenters. The fourth-order valence-electron chi connectivity index (χ4n) is 2.29. The first-order valence-corrected chi connectivity index (χ1v) is 7.08. The SMILES string of the molecule is COc1cc(F)cc(NC(=O)c2cn3cc(C)c(C)cc3n2)c1. The van der Waals surface area contributed by atoms with E-state index in [9.17, 15) is 9.18 Å². The molecule has 0 saturated carbocycles. The summed E-state index contributed by atoms with van der Waals surface area (Å²) in [5, 5.41) is 2.63. The van der Waals surface area contributed by atoms with Gasteiger partial charge in [-0.15, -0.1) is 0 Å². The Kier molecular flexibility index (Phi) is 3.73. The molecule has 23 heavy (non-hydrogen) atoms. The van der Waals surface area contributed by atoms with E-state index in [4.69, 9.17) is 4.74 Å². The Balaban J connectivity index is 1.90. The molecule has 0 unspecified atom stereocenters. The molecule has 0 radical (unpaired) electrons. The number of nitrogens with one attached hydrogen (secondary N) is 1. The highest BCUT2D eigenvalue weighted by Gasteiger charge is 2.13. The maximum absolute atomic E-state index is 13.5. The van der Waals surface area contributed by atoms with Crippen LogP contribution in [0.1, 0.15) is 21.6 Å². The van der Waals surface area contributed by atoms with E-state index in [-0.39, 0.29) is 5.69 Å². The van der Waals surface area contributed by atoms with Gasteiger partial charge in [-0.1, -0.05) is 0 Å². The molecule has 5 nitrogen and oxygen atoms in total. The number of ether oxygens (including phenoxy) is 1. The van der Waals surface area contributed by atoms with E-state index < -0.39 is 11.7 Å². The van der Waals surface area contributed by atoms with Crippen LogP contribution >= 0.6 is 0 Å². The van der Waals surface area contributed by atoms with Crippen molar-refractivity contribution in [2.45, 2.75) is 13.8 Å². The van der Waals surface area contributed by atoms with Crippen molar-refractivity contribution >= 4 is 17.2 Å². The zero-order valence-electron chi connectivity index (χ0n) is 13.1. The third-order valence-electron chi connectivity index (χ3n) is 3.66. The third-order valence-corrected chi connectivity index (χ3v) is 3.66. The van der Waals surface area contributed by atoms with Gasteiger partial charge in [-0.2, -0.15) is 0 Å². The first-order valence-electron chi connectivity index (χ1n) is 7.08. The predicted octanol–water partition coefficient (Wildman–Crippen LogP) is 3.35. The molecule has 0 spiro atoms. The number of amides is 1. The number of benzene rings is 1. The van der Waals surface area contributed by atoms with Crippen LogP contribution < -0.4 is 10.1 Å². The number of hydrogen-bond donors (Lipinski definition) is 1. The molecule has 1 amide bonds. The molecular formula is C17H16FN3O2. The van der Waals surface area contributed by atoms with Gasteiger partial charge in [0.05, 0.1) is 7.11 Å². The molecule has 0 bridgehead atoms. The van der Waals surface area contributed by atoms with Crippen molar-refractivity contribution in [3.8, 4) is 5.75 Å². The quantitative estimate of drug-likeness (QED) is 0.807. The minimum atomic E-state index is -0.485. The summed E-state index contributed by atoms with van der Waals surface area (Å²) in [4.78, 5) is 16.6. The number of anilines is 1. The van der Waals surface area contributed by atoms with Crippen LogP contribution in [0, 0.1) is 19.7 Å². The van der Waals surface area contributed by atoms with E-state index in [0.717, 1.165) is 11.1 Å². The lowest BCUT2D eigenvalue weighted by Crippen LogP contribution is -2.12. The zero-order valence-corrected chi connectivity index (χ0v) is 13.1. The molecule has 1 N–H and O–H groups in total. The van der Waals surface area contributed by atoms with E-state index in [1.807, 2.05) is 26.1 Å². The Morgan fingerprint density at radius 3 is 2.70 bits per heavy atom. The number of carbonyl (C=O) groups is 1. The number of hydrogen-bond acceptors (Lipinski definition) is 3. The summed E-state index contributed by atoms with van der Waals surface area (Å²) in [6, 6.07) is 5.93. The van der Waals surface area contributed by atoms with Crippen molar-refractivity contribution in [1.82, 2.24) is 9.38 Å². The number of rotatable bonds is 3. The molecule has 118 valence electrons. The largest absolute Gasteiger partial charge is 0.497 e. The smallest absolute Gasteiger partial charge is 0.275 e. The number of fused-ring (bicyclic) bond motifs is 1. The molecule has 6 heteroatoms. The van der Waals surface area contributed by atoms with Gasteiger partial charge >= 0.3 is 0 Å². The Morgan fingerprint density at radius 2 is 1.96 bits per heavy atom. The maximum Gasteiger partial charge on any atom is 0.275 e. The lowest BCUT2D eigenvalue weighted by molar-refractivity contribution is 0.102. The van der Waals surface area contributed by atoms with E-state index in [2.05, 4.69) is 10.3 Å². The van der Waals surface area contributed by atoms with E-state index in [1.165, 1.54) is 19.2 Å². The standard InChI is InChI=1S/C17H16FN3O2/c1-10-4-16-20-15(9-21(16)8-11(10)2)17(22)19-13-5-12(18)6-14(7-13)23-3/h4-9H,1-3H3,(H,19,22). The summed E-state index contributed by atoms with van der Waals surface area (Å²) in [5.41, 5.74) is 3.48. The van der Waals surface area contributed by atoms with E-state index >= 15 is 0 Å². The molecule has 0 aliphatic carbocycles. The van der Waals surface area contributed by atoms with Crippen molar-refractivity contribution in [2.24, 2.45) is 0 Å². The molecule has 0 aliphatic heterocycles. The Hall–Kier alpha value is -2.89. The topological polar surface area (TPSA) is 55.6 Å². The molecule has 0 aliphatic rings. The average Bonchev–Trinajstić information content (AvgIpc) is 2.90. The highest BCUT2D eigenvalue weighted by atomic mass is 19.1. The second-order valence-electron chi connectivity index (χ2n) is 5.36. The highest BCUT2D eigenvalue weighted by Crippen LogP contribution is 2.20. The van der Waals surface area contributed by atoms with Gasteiger partial charge in [-0.05, 0) is 37.1 Å². The second-order valence-corrected chi connectivity index (χ2v) is 5.36. The van der Waals surface area contributed by atoms with Crippen LogP contribution in [0.4, 0.5) is 10.1 Å². The van der Waals surface area contributed by atoms with Gasteiger partial charge in [0.1, 0.15) is 22.9 Å². The lowest BCUT2D eigenvalue weighted by atomic mass is 10.2. The van der Waals surface area contributed by atoms with Crippen LogP contribution in [0.2, 0.25) is 0 Å². The first-order chi connectivity index (χ1) is 11.0. The number of carbonyl (C=O) groups excluding carboxylic acids is 1. The van der Waals surface area contributed by atoms with E-state index in [0.29, 0.717) is 17.1 Å². The predicted molar refractivity (Wildman–Crippen MR) is 85.6 cm³/mol. The van der Waals surface area contributed by atoms with Crippen LogP contribution in [0.25, 0.3) is 5.65 Å². The van der Waals surface area contributed by atoms with Gasteiger partial charge in [0.15, 0.2) is 0 Å². The molecule has 2 aromatic heterocycles. The van der Waals surface area contributed by atoms with Crippen LogP contribution in [0.5, 0.6) is 5.75 Å². The monoisotopic (exact) mass is 313 g/mol. The number of methoxy groups -OCH3 is 1. The van der Waals surface area contributed by atoms with Gasteiger partial charge in [-0.25, -0.2) is 9.37 Å². The zero-order chi connectivity index (χ0) is 16.6. The number of nitrogens with zero attached hydrogens (tertiary/aromatic N) is 2. The average molecular weight is 313 g/mol. The van der Waals surface area contributed by atoms with Gasteiger partial charge < -0.3 is 14.5 Å². The summed E-state index contributed by atoms with van der Waals surface area (Å²) in [6.45, 7) is 3.98. The molecule has 1 aromatic carbocycles. The molecule has 2 heterocycles. The number of aromatic nitrogens is 2. The Bertz CT molecular complexity index is 863. The number of imidazole rings is 1. The van der Waals surface area contributed by atoms with Crippen molar-refractivity contribution in [2.75, 3.05) is 12.4 Å². The molecular weight excluding hydrogens is 297 g/mol. The summed E-state index contributed by atoms with van der Waals surface area (Å²) >= 11 is 0. The number of pyridine rings is 1. The fourth-order valence-corrected chi connectivity index (χ4v) is 2.29. The summed E-state index contributed by atoms with van der Waals surface area (Å²) in [6.07, 6.45) is 3.56. The van der Waals surface area contributed by atoms with Crippen molar-refractivity contribution in [3.05, 3.63) is 59.3 Å². The molecule has 3 rings (SSSR count).